The lowest BCUT2D eigenvalue weighted by Gasteiger charge is -2.23. The highest BCUT2D eigenvalue weighted by molar-refractivity contribution is 5.32. The van der Waals surface area contributed by atoms with E-state index in [2.05, 4.69) is 26.1 Å². The summed E-state index contributed by atoms with van der Waals surface area (Å²) in [5, 5.41) is 3.45. The van der Waals surface area contributed by atoms with Crippen molar-refractivity contribution in [2.75, 3.05) is 6.54 Å². The highest BCUT2D eigenvalue weighted by Crippen LogP contribution is 2.25. The molecular formula is C14H22FN. The van der Waals surface area contributed by atoms with E-state index in [0.29, 0.717) is 12.0 Å². The van der Waals surface area contributed by atoms with Crippen molar-refractivity contribution >= 4 is 0 Å². The van der Waals surface area contributed by atoms with Crippen LogP contribution in [0.4, 0.5) is 4.39 Å². The summed E-state index contributed by atoms with van der Waals surface area (Å²) in [6.45, 7) is 11.0. The van der Waals surface area contributed by atoms with E-state index in [1.54, 1.807) is 0 Å². The predicted octanol–water partition coefficient (Wildman–Crippen LogP) is 3.75. The highest BCUT2D eigenvalue weighted by atomic mass is 19.1. The van der Waals surface area contributed by atoms with Crippen LogP contribution in [-0.2, 0) is 0 Å². The van der Waals surface area contributed by atoms with Crippen LogP contribution in [0, 0.1) is 25.6 Å². The molecule has 0 amide bonds. The van der Waals surface area contributed by atoms with Crippen LogP contribution in [0.2, 0.25) is 0 Å². The Kier molecular flexibility index (Phi) is 4.48. The first-order valence-corrected chi connectivity index (χ1v) is 5.97. The topological polar surface area (TPSA) is 12.0 Å². The summed E-state index contributed by atoms with van der Waals surface area (Å²) < 4.78 is 13.5. The quantitative estimate of drug-likeness (QED) is 0.819. The molecule has 0 heterocycles. The van der Waals surface area contributed by atoms with E-state index >= 15 is 0 Å². The zero-order valence-corrected chi connectivity index (χ0v) is 10.9. The zero-order chi connectivity index (χ0) is 12.3. The average molecular weight is 223 g/mol. The van der Waals surface area contributed by atoms with Crippen LogP contribution in [0.5, 0.6) is 0 Å². The molecule has 1 N–H and O–H groups in total. The molecule has 0 aliphatic heterocycles. The summed E-state index contributed by atoms with van der Waals surface area (Å²) >= 11 is 0. The third-order valence-electron chi connectivity index (χ3n) is 2.91. The van der Waals surface area contributed by atoms with Crippen LogP contribution in [0.3, 0.4) is 0 Å². The number of halogens is 1. The van der Waals surface area contributed by atoms with Crippen molar-refractivity contribution in [3.05, 3.63) is 34.6 Å². The van der Waals surface area contributed by atoms with Gasteiger partial charge in [-0.2, -0.15) is 0 Å². The lowest BCUT2D eigenvalue weighted by Crippen LogP contribution is -2.25. The number of nitrogens with one attached hydrogen (secondary N) is 1. The monoisotopic (exact) mass is 223 g/mol. The Morgan fingerprint density at radius 1 is 1.19 bits per heavy atom. The average Bonchev–Trinajstić information content (AvgIpc) is 2.21. The van der Waals surface area contributed by atoms with E-state index < -0.39 is 0 Å². The van der Waals surface area contributed by atoms with Crippen molar-refractivity contribution in [1.29, 1.82) is 0 Å². The minimum absolute atomic E-state index is 0.0808. The van der Waals surface area contributed by atoms with Gasteiger partial charge < -0.3 is 5.32 Å². The normalized spacial score (nSPS) is 13.2. The standard InChI is InChI=1S/C14H22FN/c1-6-16-14(9(2)3)12-7-10(4)13(15)11(5)8-12/h7-9,14,16H,6H2,1-5H3. The lowest BCUT2D eigenvalue weighted by molar-refractivity contribution is 0.420. The molecule has 1 aromatic rings. The van der Waals surface area contributed by atoms with E-state index in [1.165, 1.54) is 5.56 Å². The minimum atomic E-state index is -0.0808. The van der Waals surface area contributed by atoms with E-state index in [1.807, 2.05) is 26.0 Å². The van der Waals surface area contributed by atoms with Gasteiger partial charge in [0.15, 0.2) is 0 Å². The number of hydrogen-bond donors (Lipinski definition) is 1. The Hall–Kier alpha value is -0.890. The number of hydrogen-bond acceptors (Lipinski definition) is 1. The second-order valence-corrected chi connectivity index (χ2v) is 4.75. The summed E-state index contributed by atoms with van der Waals surface area (Å²) in [5.41, 5.74) is 2.66. The molecule has 0 radical (unpaired) electrons. The first-order chi connectivity index (χ1) is 7.47. The van der Waals surface area contributed by atoms with Crippen LogP contribution in [-0.4, -0.2) is 6.54 Å². The van der Waals surface area contributed by atoms with Crippen LogP contribution in [0.15, 0.2) is 12.1 Å². The summed E-state index contributed by atoms with van der Waals surface area (Å²) in [4.78, 5) is 0. The second-order valence-electron chi connectivity index (χ2n) is 4.75. The minimum Gasteiger partial charge on any atom is -0.310 e. The van der Waals surface area contributed by atoms with Gasteiger partial charge >= 0.3 is 0 Å². The van der Waals surface area contributed by atoms with Crippen molar-refractivity contribution < 1.29 is 4.39 Å². The van der Waals surface area contributed by atoms with Crippen molar-refractivity contribution in [2.45, 2.75) is 40.7 Å². The van der Waals surface area contributed by atoms with Crippen LogP contribution >= 0.6 is 0 Å². The van der Waals surface area contributed by atoms with Gasteiger partial charge in [-0.25, -0.2) is 4.39 Å². The number of rotatable bonds is 4. The molecule has 1 rings (SSSR count). The van der Waals surface area contributed by atoms with E-state index in [9.17, 15) is 4.39 Å². The highest BCUT2D eigenvalue weighted by Gasteiger charge is 2.16. The molecule has 90 valence electrons. The molecule has 1 nitrogen and oxygen atoms in total. The fourth-order valence-electron chi connectivity index (χ4n) is 2.12. The van der Waals surface area contributed by atoms with Gasteiger partial charge in [-0.1, -0.05) is 32.9 Å². The second kappa shape index (κ2) is 5.44. The Balaban J connectivity index is 3.10. The molecule has 1 aromatic carbocycles. The van der Waals surface area contributed by atoms with Gasteiger partial charge in [0.2, 0.25) is 0 Å². The molecule has 0 spiro atoms. The van der Waals surface area contributed by atoms with Gasteiger partial charge in [-0.3, -0.25) is 0 Å². The lowest BCUT2D eigenvalue weighted by atomic mass is 9.93. The van der Waals surface area contributed by atoms with Crippen molar-refractivity contribution in [3.8, 4) is 0 Å². The summed E-state index contributed by atoms with van der Waals surface area (Å²) in [6.07, 6.45) is 0. The van der Waals surface area contributed by atoms with Crippen molar-refractivity contribution in [2.24, 2.45) is 5.92 Å². The van der Waals surface area contributed by atoms with Gasteiger partial charge in [0.25, 0.3) is 0 Å². The van der Waals surface area contributed by atoms with E-state index in [-0.39, 0.29) is 5.82 Å². The van der Waals surface area contributed by atoms with Crippen molar-refractivity contribution in [3.63, 3.8) is 0 Å². The predicted molar refractivity (Wildman–Crippen MR) is 67.1 cm³/mol. The maximum Gasteiger partial charge on any atom is 0.129 e. The third-order valence-corrected chi connectivity index (χ3v) is 2.91. The van der Waals surface area contributed by atoms with Gasteiger partial charge in [0.05, 0.1) is 0 Å². The summed E-state index contributed by atoms with van der Waals surface area (Å²) in [7, 11) is 0. The molecule has 0 fully saturated rings. The zero-order valence-electron chi connectivity index (χ0n) is 10.9. The van der Waals surface area contributed by atoms with Crippen molar-refractivity contribution in [1.82, 2.24) is 5.32 Å². The van der Waals surface area contributed by atoms with Crippen LogP contribution < -0.4 is 5.32 Å². The Labute approximate surface area is 98.1 Å². The third kappa shape index (κ3) is 2.82. The Morgan fingerprint density at radius 3 is 2.06 bits per heavy atom. The molecule has 2 heteroatoms. The maximum atomic E-state index is 13.5. The summed E-state index contributed by atoms with van der Waals surface area (Å²) in [6, 6.07) is 4.22. The molecular weight excluding hydrogens is 201 g/mol. The Morgan fingerprint density at radius 2 is 1.69 bits per heavy atom. The fourth-order valence-corrected chi connectivity index (χ4v) is 2.12. The number of aryl methyl sites for hydroxylation is 2. The largest absolute Gasteiger partial charge is 0.310 e. The smallest absolute Gasteiger partial charge is 0.129 e. The fraction of sp³-hybridized carbons (Fsp3) is 0.571. The van der Waals surface area contributed by atoms with Gasteiger partial charge in [-0.15, -0.1) is 0 Å². The maximum absolute atomic E-state index is 13.5. The molecule has 0 aliphatic carbocycles. The summed E-state index contributed by atoms with van der Waals surface area (Å²) in [5.74, 6) is 0.423. The molecule has 0 saturated carbocycles. The molecule has 0 bridgehead atoms. The number of benzene rings is 1. The van der Waals surface area contributed by atoms with Crippen LogP contribution in [0.25, 0.3) is 0 Å². The first kappa shape index (κ1) is 13.2. The first-order valence-electron chi connectivity index (χ1n) is 5.97. The molecule has 0 aromatic heterocycles. The molecule has 0 saturated heterocycles. The van der Waals surface area contributed by atoms with Gasteiger partial charge in [0.1, 0.15) is 5.82 Å². The van der Waals surface area contributed by atoms with Gasteiger partial charge in [0, 0.05) is 6.04 Å². The van der Waals surface area contributed by atoms with Gasteiger partial charge in [-0.05, 0) is 43.0 Å². The Bertz CT molecular complexity index is 335. The molecule has 16 heavy (non-hydrogen) atoms. The molecule has 0 aliphatic rings. The SMILES string of the molecule is CCNC(c1cc(C)c(F)c(C)c1)C(C)C. The van der Waals surface area contributed by atoms with Crippen LogP contribution in [0.1, 0.15) is 43.5 Å². The molecule has 1 atom stereocenters. The molecule has 1 unspecified atom stereocenters. The van der Waals surface area contributed by atoms with E-state index in [4.69, 9.17) is 0 Å². The van der Waals surface area contributed by atoms with E-state index in [0.717, 1.165) is 17.7 Å².